The number of rotatable bonds is 4. The van der Waals surface area contributed by atoms with Crippen LogP contribution in [-0.4, -0.2) is 38.7 Å². The maximum atomic E-state index is 13.5. The Bertz CT molecular complexity index is 1140. The van der Waals surface area contributed by atoms with E-state index >= 15 is 0 Å². The van der Waals surface area contributed by atoms with Crippen molar-refractivity contribution < 1.29 is 4.79 Å². The zero-order valence-electron chi connectivity index (χ0n) is 18.4. The van der Waals surface area contributed by atoms with Crippen molar-refractivity contribution in [3.8, 4) is 5.69 Å². The highest BCUT2D eigenvalue weighted by Crippen LogP contribution is 2.27. The second kappa shape index (κ2) is 9.27. The molecule has 0 bridgehead atoms. The minimum absolute atomic E-state index is 0.104. The predicted octanol–water partition coefficient (Wildman–Crippen LogP) is 4.89. The molecule has 2 aromatic carbocycles. The lowest BCUT2D eigenvalue weighted by Gasteiger charge is -2.24. The lowest BCUT2D eigenvalue weighted by molar-refractivity contribution is -0.130. The van der Waals surface area contributed by atoms with Crippen LogP contribution in [0.2, 0.25) is 0 Å². The van der Waals surface area contributed by atoms with Crippen molar-refractivity contribution in [1.82, 2.24) is 14.5 Å². The molecule has 0 aliphatic carbocycles. The van der Waals surface area contributed by atoms with Crippen molar-refractivity contribution >= 4 is 28.6 Å². The van der Waals surface area contributed by atoms with E-state index in [9.17, 15) is 9.59 Å². The van der Waals surface area contributed by atoms with Crippen LogP contribution < -0.4 is 5.56 Å². The summed E-state index contributed by atoms with van der Waals surface area (Å²) in [6.07, 6.45) is 4.49. The summed E-state index contributed by atoms with van der Waals surface area (Å²) in [6, 6.07) is 13.5. The molecule has 5 nitrogen and oxygen atoms in total. The van der Waals surface area contributed by atoms with E-state index < -0.39 is 0 Å². The van der Waals surface area contributed by atoms with Crippen LogP contribution in [0.25, 0.3) is 16.6 Å². The second-order valence-electron chi connectivity index (χ2n) is 8.40. The van der Waals surface area contributed by atoms with Crippen molar-refractivity contribution in [2.45, 2.75) is 56.9 Å². The first kappa shape index (κ1) is 21.6. The van der Waals surface area contributed by atoms with Gasteiger partial charge in [0.05, 0.1) is 21.8 Å². The lowest BCUT2D eigenvalue weighted by Crippen LogP contribution is -2.37. The van der Waals surface area contributed by atoms with Gasteiger partial charge in [0.25, 0.3) is 5.56 Å². The largest absolute Gasteiger partial charge is 0.342 e. The van der Waals surface area contributed by atoms with Gasteiger partial charge in [-0.1, -0.05) is 42.8 Å². The molecule has 1 unspecified atom stereocenters. The molecule has 1 aliphatic heterocycles. The summed E-state index contributed by atoms with van der Waals surface area (Å²) in [5.41, 5.74) is 3.51. The van der Waals surface area contributed by atoms with Crippen LogP contribution in [0.5, 0.6) is 0 Å². The van der Waals surface area contributed by atoms with Gasteiger partial charge in [-0.2, -0.15) is 0 Å². The first-order valence-electron chi connectivity index (χ1n) is 11.0. The van der Waals surface area contributed by atoms with Crippen molar-refractivity contribution in [1.29, 1.82) is 0 Å². The van der Waals surface area contributed by atoms with E-state index in [1.807, 2.05) is 62.1 Å². The van der Waals surface area contributed by atoms with Gasteiger partial charge < -0.3 is 4.90 Å². The third-order valence-corrected chi connectivity index (χ3v) is 6.80. The number of thioether (sulfide) groups is 1. The number of hydrogen-bond acceptors (Lipinski definition) is 4. The van der Waals surface area contributed by atoms with Gasteiger partial charge in [0.2, 0.25) is 5.91 Å². The number of aromatic nitrogens is 2. The van der Waals surface area contributed by atoms with Crippen molar-refractivity contribution in [2.75, 3.05) is 13.1 Å². The summed E-state index contributed by atoms with van der Waals surface area (Å²) in [7, 11) is 0. The molecule has 4 rings (SSSR count). The van der Waals surface area contributed by atoms with Gasteiger partial charge in [0, 0.05) is 13.1 Å². The molecule has 0 N–H and O–H groups in total. The molecule has 6 heteroatoms. The van der Waals surface area contributed by atoms with Crippen LogP contribution in [0.1, 0.15) is 43.7 Å². The number of benzene rings is 2. The normalized spacial score (nSPS) is 15.6. The van der Waals surface area contributed by atoms with Gasteiger partial charge in [-0.25, -0.2) is 4.98 Å². The maximum absolute atomic E-state index is 13.5. The maximum Gasteiger partial charge on any atom is 0.266 e. The van der Waals surface area contributed by atoms with Gasteiger partial charge >= 0.3 is 0 Å². The minimum Gasteiger partial charge on any atom is -0.342 e. The molecule has 0 saturated carbocycles. The third-order valence-electron chi connectivity index (χ3n) is 5.76. The van der Waals surface area contributed by atoms with Gasteiger partial charge in [0.15, 0.2) is 5.16 Å². The number of para-hydroxylation sites is 1. The SMILES string of the molecule is Cc1cc(C)cc(-n2c(SC(C)C(=O)N3CCCCCC3)nc3ccccc3c2=O)c1. The summed E-state index contributed by atoms with van der Waals surface area (Å²) in [6.45, 7) is 7.60. The zero-order valence-corrected chi connectivity index (χ0v) is 19.2. The first-order chi connectivity index (χ1) is 14.9. The van der Waals surface area contributed by atoms with Crippen LogP contribution in [0.15, 0.2) is 52.4 Å². The van der Waals surface area contributed by atoms with E-state index in [0.29, 0.717) is 16.1 Å². The molecule has 0 spiro atoms. The van der Waals surface area contributed by atoms with E-state index in [1.54, 1.807) is 4.57 Å². The molecule has 1 aliphatic rings. The topological polar surface area (TPSA) is 55.2 Å². The quantitative estimate of drug-likeness (QED) is 0.433. The number of carbonyl (C=O) groups is 1. The molecule has 1 aromatic heterocycles. The summed E-state index contributed by atoms with van der Waals surface area (Å²) in [5.74, 6) is 0.126. The molecule has 162 valence electrons. The Morgan fingerprint density at radius 3 is 2.32 bits per heavy atom. The number of hydrogen-bond donors (Lipinski definition) is 0. The van der Waals surface area contributed by atoms with Crippen LogP contribution in [0, 0.1) is 13.8 Å². The van der Waals surface area contributed by atoms with E-state index in [1.165, 1.54) is 24.6 Å². The Morgan fingerprint density at radius 2 is 1.65 bits per heavy atom. The summed E-state index contributed by atoms with van der Waals surface area (Å²) in [5, 5.41) is 0.824. The van der Waals surface area contributed by atoms with Gasteiger partial charge in [-0.15, -0.1) is 0 Å². The Hall–Kier alpha value is -2.60. The molecule has 1 saturated heterocycles. The highest BCUT2D eigenvalue weighted by molar-refractivity contribution is 8.00. The Kier molecular flexibility index (Phi) is 6.46. The lowest BCUT2D eigenvalue weighted by atomic mass is 10.1. The molecule has 3 aromatic rings. The monoisotopic (exact) mass is 435 g/mol. The molecule has 1 amide bonds. The molecule has 31 heavy (non-hydrogen) atoms. The molecule has 2 heterocycles. The second-order valence-corrected chi connectivity index (χ2v) is 9.71. The molecule has 1 atom stereocenters. The van der Waals surface area contributed by atoms with Gasteiger partial charge in [0.1, 0.15) is 0 Å². The highest BCUT2D eigenvalue weighted by atomic mass is 32.2. The predicted molar refractivity (Wildman–Crippen MR) is 127 cm³/mol. The number of fused-ring (bicyclic) bond motifs is 1. The van der Waals surface area contributed by atoms with Gasteiger partial charge in [-0.3, -0.25) is 14.2 Å². The smallest absolute Gasteiger partial charge is 0.266 e. The van der Waals surface area contributed by atoms with E-state index in [-0.39, 0.29) is 16.7 Å². The molecular formula is C25H29N3O2S. The minimum atomic E-state index is -0.316. The molecular weight excluding hydrogens is 406 g/mol. The summed E-state index contributed by atoms with van der Waals surface area (Å²) < 4.78 is 1.67. The van der Waals surface area contributed by atoms with E-state index in [4.69, 9.17) is 4.98 Å². The number of nitrogens with zero attached hydrogens (tertiary/aromatic N) is 3. The standard InChI is InChI=1S/C25H29N3O2S/c1-17-14-18(2)16-20(15-17)28-24(30)21-10-6-7-11-22(21)26-25(28)31-19(3)23(29)27-12-8-4-5-9-13-27/h6-7,10-11,14-16,19H,4-5,8-9,12-13H2,1-3H3. The fourth-order valence-corrected chi connectivity index (χ4v) is 5.27. The average Bonchev–Trinajstić information content (AvgIpc) is 3.02. The average molecular weight is 436 g/mol. The number of amides is 1. The summed E-state index contributed by atoms with van der Waals surface area (Å²) >= 11 is 1.37. The Balaban J connectivity index is 1.77. The van der Waals surface area contributed by atoms with E-state index in [2.05, 4.69) is 6.07 Å². The van der Waals surface area contributed by atoms with Crippen molar-refractivity contribution in [3.05, 3.63) is 63.9 Å². The Morgan fingerprint density at radius 1 is 1.00 bits per heavy atom. The Labute approximate surface area is 187 Å². The van der Waals surface area contributed by atoms with Crippen LogP contribution in [0.3, 0.4) is 0 Å². The van der Waals surface area contributed by atoms with E-state index in [0.717, 1.165) is 42.7 Å². The van der Waals surface area contributed by atoms with Crippen LogP contribution in [0.4, 0.5) is 0 Å². The van der Waals surface area contributed by atoms with Crippen LogP contribution >= 0.6 is 11.8 Å². The zero-order chi connectivity index (χ0) is 22.0. The molecule has 0 radical (unpaired) electrons. The summed E-state index contributed by atoms with van der Waals surface area (Å²) in [4.78, 5) is 33.4. The number of aryl methyl sites for hydroxylation is 2. The number of carbonyl (C=O) groups excluding carboxylic acids is 1. The number of likely N-dealkylation sites (tertiary alicyclic amines) is 1. The van der Waals surface area contributed by atoms with Crippen molar-refractivity contribution in [2.24, 2.45) is 0 Å². The third kappa shape index (κ3) is 4.69. The molecule has 1 fully saturated rings. The highest BCUT2D eigenvalue weighted by Gasteiger charge is 2.25. The fraction of sp³-hybridized carbons (Fsp3) is 0.400. The first-order valence-corrected chi connectivity index (χ1v) is 11.9. The fourth-order valence-electron chi connectivity index (χ4n) is 4.26. The van der Waals surface area contributed by atoms with Crippen LogP contribution in [-0.2, 0) is 4.79 Å². The van der Waals surface area contributed by atoms with Gasteiger partial charge in [-0.05, 0) is 69.0 Å². The van der Waals surface area contributed by atoms with Crippen molar-refractivity contribution in [3.63, 3.8) is 0 Å².